The molecule has 0 radical (unpaired) electrons. The molecule has 1 atom stereocenters. The number of amidine groups is 2. The Labute approximate surface area is 179 Å². The van der Waals surface area contributed by atoms with Crippen LogP contribution in [-0.4, -0.2) is 52.2 Å². The summed E-state index contributed by atoms with van der Waals surface area (Å²) in [7, 11) is 2.86. The number of hydrogen-bond donors (Lipinski definition) is 0. The van der Waals surface area contributed by atoms with E-state index in [4.69, 9.17) is 4.42 Å². The predicted molar refractivity (Wildman–Crippen MR) is 108 cm³/mol. The van der Waals surface area contributed by atoms with Gasteiger partial charge in [-0.3, -0.25) is 4.79 Å². The summed E-state index contributed by atoms with van der Waals surface area (Å²) < 4.78 is 45.7. The Morgan fingerprint density at radius 1 is 1.19 bits per heavy atom. The number of rotatable bonds is 3. The molecule has 1 aromatic heterocycles. The zero-order chi connectivity index (χ0) is 22.3. The molecule has 1 unspecified atom stereocenters. The van der Waals surface area contributed by atoms with Gasteiger partial charge in [-0.15, -0.1) is 11.8 Å². The number of carbonyl (C=O) groups is 2. The molecule has 0 N–H and O–H groups in total. The highest BCUT2D eigenvalue weighted by atomic mass is 32.2. The van der Waals surface area contributed by atoms with Crippen LogP contribution in [-0.2, 0) is 16.7 Å². The van der Waals surface area contributed by atoms with Crippen LogP contribution in [0.1, 0.15) is 16.9 Å². The van der Waals surface area contributed by atoms with Crippen molar-refractivity contribution in [3.63, 3.8) is 0 Å². The van der Waals surface area contributed by atoms with Crippen molar-refractivity contribution in [2.75, 3.05) is 14.1 Å². The minimum absolute atomic E-state index is 0.145. The summed E-state index contributed by atoms with van der Waals surface area (Å²) >= 11 is 1.12. The molecular weight excluding hydrogens is 433 g/mol. The number of imide groups is 1. The normalized spacial score (nSPS) is 19.4. The third kappa shape index (κ3) is 3.92. The molecular formula is C20H16F3N4O3S+. The second kappa shape index (κ2) is 7.80. The molecule has 1 aromatic carbocycles. The fourth-order valence-corrected chi connectivity index (χ4v) is 4.22. The first kappa shape index (κ1) is 21.0. The van der Waals surface area contributed by atoms with Crippen molar-refractivity contribution < 1.29 is 31.8 Å². The van der Waals surface area contributed by atoms with Crippen LogP contribution in [0.25, 0.3) is 0 Å². The number of urea groups is 1. The molecule has 2 aliphatic heterocycles. The zero-order valence-corrected chi connectivity index (χ0v) is 17.2. The van der Waals surface area contributed by atoms with Crippen molar-refractivity contribution in [3.05, 3.63) is 59.5 Å². The van der Waals surface area contributed by atoms with Crippen molar-refractivity contribution in [2.45, 2.75) is 11.9 Å². The Balaban J connectivity index is 1.71. The molecule has 0 aliphatic carbocycles. The first-order valence-corrected chi connectivity index (χ1v) is 10.1. The van der Waals surface area contributed by atoms with E-state index in [1.807, 2.05) is 0 Å². The number of nitrogens with zero attached hydrogens (tertiary/aromatic N) is 4. The molecule has 0 fully saturated rings. The molecule has 0 bridgehead atoms. The number of amides is 3. The van der Waals surface area contributed by atoms with Crippen LogP contribution in [0.3, 0.4) is 0 Å². The summed E-state index contributed by atoms with van der Waals surface area (Å²) in [5.41, 5.74) is -0.327. The van der Waals surface area contributed by atoms with Crippen LogP contribution < -0.4 is 0 Å². The van der Waals surface area contributed by atoms with Crippen LogP contribution in [0.5, 0.6) is 0 Å². The molecule has 160 valence electrons. The number of carbonyl (C=O) groups excluding carboxylic acids is 2. The van der Waals surface area contributed by atoms with Crippen molar-refractivity contribution in [2.24, 2.45) is 15.9 Å². The maximum atomic E-state index is 13.0. The average molecular weight is 449 g/mol. The number of aliphatic imine (C=N–C) groups is 2. The summed E-state index contributed by atoms with van der Waals surface area (Å²) in [4.78, 5) is 35.0. The minimum atomic E-state index is -4.45. The zero-order valence-electron chi connectivity index (χ0n) is 16.4. The number of benzene rings is 1. The van der Waals surface area contributed by atoms with Crippen LogP contribution in [0.2, 0.25) is 0 Å². The molecule has 4 rings (SSSR count). The van der Waals surface area contributed by atoms with Crippen LogP contribution in [0.4, 0.5) is 18.0 Å². The van der Waals surface area contributed by atoms with Crippen molar-refractivity contribution in [1.29, 1.82) is 0 Å². The highest BCUT2D eigenvalue weighted by molar-refractivity contribution is 8.13. The van der Waals surface area contributed by atoms with E-state index in [1.54, 1.807) is 18.2 Å². The third-order valence-electron chi connectivity index (χ3n) is 4.82. The maximum absolute atomic E-state index is 13.0. The van der Waals surface area contributed by atoms with E-state index in [0.717, 1.165) is 28.8 Å². The first-order valence-electron chi connectivity index (χ1n) is 9.09. The van der Waals surface area contributed by atoms with Gasteiger partial charge in [0.05, 0.1) is 25.9 Å². The second-order valence-corrected chi connectivity index (χ2v) is 7.88. The Morgan fingerprint density at radius 2 is 1.97 bits per heavy atom. The monoisotopic (exact) mass is 449 g/mol. The highest BCUT2D eigenvalue weighted by Gasteiger charge is 2.49. The van der Waals surface area contributed by atoms with Crippen molar-refractivity contribution in [3.8, 4) is 0 Å². The molecule has 31 heavy (non-hydrogen) atoms. The molecule has 3 amide bonds. The Kier molecular flexibility index (Phi) is 5.29. The molecule has 0 spiro atoms. The lowest BCUT2D eigenvalue weighted by atomic mass is 10.0. The van der Waals surface area contributed by atoms with Gasteiger partial charge in [0.1, 0.15) is 5.04 Å². The lowest BCUT2D eigenvalue weighted by Gasteiger charge is -2.26. The molecule has 0 saturated carbocycles. The topological polar surface area (TPSA) is 78.2 Å². The lowest BCUT2D eigenvalue weighted by molar-refractivity contribution is -0.407. The Hall–Kier alpha value is -3.21. The molecule has 2 aliphatic rings. The average Bonchev–Trinajstić information content (AvgIpc) is 3.28. The predicted octanol–water partition coefficient (Wildman–Crippen LogP) is 3.64. The third-order valence-corrected chi connectivity index (χ3v) is 5.92. The van der Waals surface area contributed by atoms with E-state index in [0.29, 0.717) is 16.4 Å². The van der Waals surface area contributed by atoms with E-state index in [-0.39, 0.29) is 17.4 Å². The minimum Gasteiger partial charge on any atom is -0.459 e. The molecule has 0 saturated heterocycles. The van der Waals surface area contributed by atoms with Gasteiger partial charge >= 0.3 is 18.1 Å². The van der Waals surface area contributed by atoms with Crippen LogP contribution in [0.15, 0.2) is 57.1 Å². The first-order chi connectivity index (χ1) is 14.7. The van der Waals surface area contributed by atoms with Gasteiger partial charge in [0.25, 0.3) is 11.7 Å². The van der Waals surface area contributed by atoms with Crippen LogP contribution in [0, 0.1) is 5.92 Å². The number of alkyl halides is 3. The largest absolute Gasteiger partial charge is 0.459 e. The molecule has 3 heterocycles. The van der Waals surface area contributed by atoms with Gasteiger partial charge < -0.3 is 4.42 Å². The maximum Gasteiger partial charge on any atom is 0.445 e. The van der Waals surface area contributed by atoms with E-state index in [1.165, 1.54) is 31.0 Å². The van der Waals surface area contributed by atoms with E-state index in [9.17, 15) is 22.8 Å². The number of fused-ring (bicyclic) bond motifs is 1. The summed E-state index contributed by atoms with van der Waals surface area (Å²) in [6.45, 7) is 0. The van der Waals surface area contributed by atoms with E-state index in [2.05, 4.69) is 9.98 Å². The number of thioether (sulfide) groups is 1. The summed E-state index contributed by atoms with van der Waals surface area (Å²) in [6, 6.07) is 7.71. The van der Waals surface area contributed by atoms with Gasteiger partial charge in [0.2, 0.25) is 0 Å². The van der Waals surface area contributed by atoms with Gasteiger partial charge in [0.15, 0.2) is 11.7 Å². The SMILES string of the molecule is CN1C(=O)C2C(SCc3cccc(C(F)(F)F)c3)=NC(c3ccco3)=NC2=[N+](C)C1=O. The Bertz CT molecular complexity index is 1150. The molecule has 11 heteroatoms. The fourth-order valence-electron chi connectivity index (χ4n) is 3.20. The van der Waals surface area contributed by atoms with Crippen molar-refractivity contribution >= 4 is 40.4 Å². The quantitative estimate of drug-likeness (QED) is 0.671. The fraction of sp³-hybridized carbons (Fsp3) is 0.250. The Morgan fingerprint density at radius 3 is 2.65 bits per heavy atom. The van der Waals surface area contributed by atoms with Crippen molar-refractivity contribution in [1.82, 2.24) is 4.90 Å². The van der Waals surface area contributed by atoms with E-state index >= 15 is 0 Å². The van der Waals surface area contributed by atoms with Gasteiger partial charge in [-0.2, -0.15) is 22.6 Å². The van der Waals surface area contributed by atoms with Gasteiger partial charge in [-0.05, 0) is 23.8 Å². The number of hydrogen-bond acceptors (Lipinski definition) is 6. The highest BCUT2D eigenvalue weighted by Crippen LogP contribution is 2.32. The molecule has 7 nitrogen and oxygen atoms in total. The number of halogens is 3. The van der Waals surface area contributed by atoms with E-state index < -0.39 is 29.6 Å². The standard InChI is InChI=1S/C20H16F3N4O3S/c1-26-16-14(18(28)27(2)19(26)29)17(25-15(24-16)13-7-4-8-30-13)31-10-11-5-3-6-12(9-11)20(21,22)23/h3-9,14H,10H2,1-2H3/q+1. The molecule has 2 aromatic rings. The summed E-state index contributed by atoms with van der Waals surface area (Å²) in [6.07, 6.45) is -3.01. The summed E-state index contributed by atoms with van der Waals surface area (Å²) in [5, 5.41) is 0.324. The van der Waals surface area contributed by atoms with Crippen LogP contribution >= 0.6 is 11.8 Å². The van der Waals surface area contributed by atoms with Gasteiger partial charge in [-0.1, -0.05) is 23.2 Å². The van der Waals surface area contributed by atoms with Gasteiger partial charge in [-0.25, -0.2) is 9.79 Å². The number of furan rings is 1. The second-order valence-electron chi connectivity index (χ2n) is 6.88. The lowest BCUT2D eigenvalue weighted by Crippen LogP contribution is -2.54. The van der Waals surface area contributed by atoms with Gasteiger partial charge in [0, 0.05) is 5.75 Å². The summed E-state index contributed by atoms with van der Waals surface area (Å²) in [5.74, 6) is -0.568. The smallest absolute Gasteiger partial charge is 0.445 e.